The van der Waals surface area contributed by atoms with E-state index in [-0.39, 0.29) is 13.1 Å². The molecule has 1 aliphatic rings. The van der Waals surface area contributed by atoms with E-state index in [9.17, 15) is 14.4 Å². The minimum atomic E-state index is -1.29. The third kappa shape index (κ3) is 3.45. The number of piperazine rings is 1. The van der Waals surface area contributed by atoms with Gasteiger partial charge < -0.3 is 9.64 Å². The number of halogens is 1. The van der Waals surface area contributed by atoms with E-state index in [1.165, 1.54) is 0 Å². The molecule has 99 valence electrons. The van der Waals surface area contributed by atoms with E-state index >= 15 is 0 Å². The number of alkyl halides is 1. The van der Waals surface area contributed by atoms with Gasteiger partial charge in [0.05, 0.1) is 0 Å². The highest BCUT2D eigenvalue weighted by Crippen LogP contribution is 2.14. The molecule has 19 heavy (non-hydrogen) atoms. The Bertz CT molecular complexity index is 490. The van der Waals surface area contributed by atoms with Gasteiger partial charge in [-0.25, -0.2) is 0 Å². The molecule has 0 aromatic heterocycles. The number of carbonyl (C=O) groups is 3. The quantitative estimate of drug-likeness (QED) is 0.583. The summed E-state index contributed by atoms with van der Waals surface area (Å²) in [6, 6.07) is 8.54. The van der Waals surface area contributed by atoms with Crippen molar-refractivity contribution in [1.29, 1.82) is 0 Å². The van der Waals surface area contributed by atoms with E-state index in [4.69, 9.17) is 16.3 Å². The van der Waals surface area contributed by atoms with Gasteiger partial charge in [-0.15, -0.1) is 0 Å². The van der Waals surface area contributed by atoms with Crippen LogP contribution in [0.1, 0.15) is 0 Å². The van der Waals surface area contributed by atoms with Crippen molar-refractivity contribution in [2.45, 2.75) is 5.56 Å². The Balaban J connectivity index is 1.99. The van der Waals surface area contributed by atoms with Crippen molar-refractivity contribution in [3.63, 3.8) is 0 Å². The van der Waals surface area contributed by atoms with E-state index in [0.717, 1.165) is 4.90 Å². The number of amides is 3. The number of imide groups is 1. The first-order valence-corrected chi connectivity index (χ1v) is 5.92. The summed E-state index contributed by atoms with van der Waals surface area (Å²) in [7, 11) is 0. The zero-order valence-corrected chi connectivity index (χ0v) is 10.5. The van der Waals surface area contributed by atoms with Crippen molar-refractivity contribution in [3.05, 3.63) is 30.3 Å². The van der Waals surface area contributed by atoms with Crippen LogP contribution in [0.2, 0.25) is 0 Å². The Hall–Kier alpha value is -2.08. The summed E-state index contributed by atoms with van der Waals surface area (Å²) < 4.78 is 5.22. The maximum Gasteiger partial charge on any atom is 0.280 e. The van der Waals surface area contributed by atoms with Crippen molar-refractivity contribution < 1.29 is 19.1 Å². The van der Waals surface area contributed by atoms with Gasteiger partial charge in [0.1, 0.15) is 18.8 Å². The summed E-state index contributed by atoms with van der Waals surface area (Å²) in [5, 5.41) is 3.20. The summed E-state index contributed by atoms with van der Waals surface area (Å²) in [5.74, 6) is -1.53. The van der Waals surface area contributed by atoms with Crippen LogP contribution in [0.25, 0.3) is 0 Å². The van der Waals surface area contributed by atoms with Gasteiger partial charge in [-0.1, -0.05) is 29.8 Å². The second kappa shape index (κ2) is 5.71. The predicted molar refractivity (Wildman–Crippen MR) is 65.4 cm³/mol. The summed E-state index contributed by atoms with van der Waals surface area (Å²) >= 11 is 5.83. The first-order chi connectivity index (χ1) is 9.06. The number of benzene rings is 1. The minimum Gasteiger partial charge on any atom is -0.465 e. The fraction of sp³-hybridized carbons (Fsp3) is 0.250. The number of hydrogen-bond acceptors (Lipinski definition) is 4. The average Bonchev–Trinajstić information content (AvgIpc) is 2.37. The van der Waals surface area contributed by atoms with Crippen LogP contribution in [0.15, 0.2) is 30.3 Å². The van der Waals surface area contributed by atoms with Gasteiger partial charge in [0, 0.05) is 0 Å². The molecule has 1 fully saturated rings. The smallest absolute Gasteiger partial charge is 0.280 e. The summed E-state index contributed by atoms with van der Waals surface area (Å²) in [4.78, 5) is 35.2. The van der Waals surface area contributed by atoms with Crippen LogP contribution in [0, 0.1) is 0 Å². The second-order valence-corrected chi connectivity index (χ2v) is 4.24. The molecule has 1 aromatic carbocycles. The maximum absolute atomic E-state index is 11.9. The molecular formula is C12H10ClN2O4. The summed E-state index contributed by atoms with van der Waals surface area (Å²) in [6.07, 6.45) is 0. The number of nitrogens with zero attached hydrogens (tertiary/aromatic N) is 2. The van der Waals surface area contributed by atoms with Crippen LogP contribution in [-0.4, -0.2) is 41.3 Å². The lowest BCUT2D eigenvalue weighted by Gasteiger charge is -2.26. The Kier molecular flexibility index (Phi) is 4.01. The number of hydrogen-bond donors (Lipinski definition) is 0. The summed E-state index contributed by atoms with van der Waals surface area (Å²) in [5.41, 5.74) is -1.29. The number of rotatable bonds is 3. The Morgan fingerprint density at radius 1 is 1.21 bits per heavy atom. The SMILES string of the molecule is O=C1CN(C(=O)C(Cl)Oc2ccccc2)CC(=O)[N]1. The van der Waals surface area contributed by atoms with Gasteiger partial charge in [-0.2, -0.15) is 5.32 Å². The topological polar surface area (TPSA) is 77.8 Å². The highest BCUT2D eigenvalue weighted by molar-refractivity contribution is 6.30. The lowest BCUT2D eigenvalue weighted by molar-refractivity contribution is -0.147. The molecule has 0 aliphatic carbocycles. The molecule has 3 amide bonds. The van der Waals surface area contributed by atoms with Crippen molar-refractivity contribution >= 4 is 29.3 Å². The van der Waals surface area contributed by atoms with E-state index in [1.807, 2.05) is 0 Å². The van der Waals surface area contributed by atoms with Crippen LogP contribution >= 0.6 is 11.6 Å². The molecule has 1 unspecified atom stereocenters. The molecule has 0 bridgehead atoms. The van der Waals surface area contributed by atoms with Crippen LogP contribution in [0.4, 0.5) is 0 Å². The molecule has 1 aliphatic heterocycles. The lowest BCUT2D eigenvalue weighted by Crippen LogP contribution is -2.52. The van der Waals surface area contributed by atoms with Crippen LogP contribution in [0.3, 0.4) is 0 Å². The molecule has 1 aromatic rings. The Morgan fingerprint density at radius 3 is 2.37 bits per heavy atom. The van der Waals surface area contributed by atoms with Crippen LogP contribution < -0.4 is 10.1 Å². The third-order valence-corrected chi connectivity index (χ3v) is 2.67. The largest absolute Gasteiger partial charge is 0.465 e. The standard InChI is InChI=1S/C12H10ClN2O4/c13-11(19-8-4-2-1-3-5-8)12(18)15-6-9(16)14-10(17)7-15/h1-5,11H,6-7H2. The zero-order chi connectivity index (χ0) is 13.8. The van der Waals surface area contributed by atoms with Crippen molar-refractivity contribution in [2.24, 2.45) is 0 Å². The Morgan fingerprint density at radius 2 is 1.79 bits per heavy atom. The first kappa shape index (κ1) is 13.4. The molecule has 0 spiro atoms. The van der Waals surface area contributed by atoms with Gasteiger partial charge in [-0.05, 0) is 12.1 Å². The van der Waals surface area contributed by atoms with Crippen molar-refractivity contribution in [1.82, 2.24) is 10.2 Å². The molecule has 0 saturated carbocycles. The number of carbonyl (C=O) groups excluding carboxylic acids is 3. The van der Waals surface area contributed by atoms with E-state index < -0.39 is 23.3 Å². The fourth-order valence-corrected chi connectivity index (χ4v) is 1.80. The normalized spacial score (nSPS) is 16.8. The average molecular weight is 282 g/mol. The molecule has 1 atom stereocenters. The summed E-state index contributed by atoms with van der Waals surface area (Å²) in [6.45, 7) is -0.516. The predicted octanol–water partition coefficient (Wildman–Crippen LogP) is 0.130. The van der Waals surface area contributed by atoms with Crippen molar-refractivity contribution in [3.8, 4) is 5.75 Å². The van der Waals surface area contributed by atoms with E-state index in [2.05, 4.69) is 5.32 Å². The Labute approximate surface area is 114 Å². The van der Waals surface area contributed by atoms with Gasteiger partial charge >= 0.3 is 0 Å². The third-order valence-electron chi connectivity index (χ3n) is 2.39. The van der Waals surface area contributed by atoms with Gasteiger partial charge in [0.15, 0.2) is 0 Å². The highest BCUT2D eigenvalue weighted by Gasteiger charge is 2.32. The number of ether oxygens (including phenoxy) is 1. The second-order valence-electron chi connectivity index (χ2n) is 3.84. The maximum atomic E-state index is 11.9. The monoisotopic (exact) mass is 281 g/mol. The van der Waals surface area contributed by atoms with Gasteiger partial charge in [-0.3, -0.25) is 14.4 Å². The van der Waals surface area contributed by atoms with E-state index in [0.29, 0.717) is 5.75 Å². The first-order valence-electron chi connectivity index (χ1n) is 5.48. The van der Waals surface area contributed by atoms with Gasteiger partial charge in [0.2, 0.25) is 5.56 Å². The molecule has 1 radical (unpaired) electrons. The van der Waals surface area contributed by atoms with Crippen LogP contribution in [0.5, 0.6) is 5.75 Å². The minimum absolute atomic E-state index is 0.258. The molecule has 6 nitrogen and oxygen atoms in total. The molecular weight excluding hydrogens is 272 g/mol. The van der Waals surface area contributed by atoms with Crippen LogP contribution in [-0.2, 0) is 14.4 Å². The fourth-order valence-electron chi connectivity index (χ4n) is 1.56. The molecule has 0 N–H and O–H groups in total. The molecule has 1 heterocycles. The van der Waals surface area contributed by atoms with E-state index in [1.54, 1.807) is 30.3 Å². The zero-order valence-electron chi connectivity index (χ0n) is 9.78. The molecule has 2 rings (SSSR count). The number of para-hydroxylation sites is 1. The molecule has 7 heteroatoms. The van der Waals surface area contributed by atoms with Crippen molar-refractivity contribution in [2.75, 3.05) is 13.1 Å². The van der Waals surface area contributed by atoms with Gasteiger partial charge in [0.25, 0.3) is 17.7 Å². The lowest BCUT2D eigenvalue weighted by atomic mass is 10.3. The highest BCUT2D eigenvalue weighted by atomic mass is 35.5. The molecule has 1 saturated heterocycles.